The van der Waals surface area contributed by atoms with Gasteiger partial charge in [-0.25, -0.2) is 4.79 Å². The molecule has 0 unspecified atom stereocenters. The number of carboxylic acids is 1. The maximum atomic E-state index is 12.0. The van der Waals surface area contributed by atoms with Crippen molar-refractivity contribution in [1.82, 2.24) is 4.57 Å². The summed E-state index contributed by atoms with van der Waals surface area (Å²) in [7, 11) is 1.59. The van der Waals surface area contributed by atoms with Crippen molar-refractivity contribution in [2.45, 2.75) is 26.8 Å². The van der Waals surface area contributed by atoms with Gasteiger partial charge in [0.15, 0.2) is 0 Å². The largest absolute Gasteiger partial charge is 0.478 e. The second kappa shape index (κ2) is 5.35. The van der Waals surface area contributed by atoms with E-state index in [1.165, 1.54) is 4.57 Å². The van der Waals surface area contributed by atoms with Crippen LogP contribution in [0.15, 0.2) is 9.27 Å². The minimum absolute atomic E-state index is 0.132. The lowest BCUT2D eigenvalue weighted by Crippen LogP contribution is -2.27. The van der Waals surface area contributed by atoms with Gasteiger partial charge in [-0.1, -0.05) is 6.92 Å². The molecule has 0 fully saturated rings. The normalized spacial score (nSPS) is 10.4. The molecule has 1 aromatic heterocycles. The van der Waals surface area contributed by atoms with Crippen molar-refractivity contribution in [2.24, 2.45) is 0 Å². The van der Waals surface area contributed by atoms with Gasteiger partial charge in [-0.2, -0.15) is 0 Å². The molecule has 1 rings (SSSR count). The van der Waals surface area contributed by atoms with Crippen LogP contribution >= 0.6 is 15.9 Å². The number of hydrogen-bond acceptors (Lipinski definition) is 3. The van der Waals surface area contributed by atoms with Crippen LogP contribution in [0, 0.1) is 6.92 Å². The number of aromatic carboxylic acids is 1. The van der Waals surface area contributed by atoms with Crippen LogP contribution in [0.25, 0.3) is 0 Å². The van der Waals surface area contributed by atoms with Gasteiger partial charge in [0.25, 0.3) is 5.56 Å². The molecular weight excluding hydrogens is 288 g/mol. The van der Waals surface area contributed by atoms with Crippen LogP contribution in [0.5, 0.6) is 0 Å². The molecule has 0 amide bonds. The predicted molar refractivity (Wildman–Crippen MR) is 69.9 cm³/mol. The van der Waals surface area contributed by atoms with Gasteiger partial charge in [0.2, 0.25) is 0 Å². The molecule has 2 N–H and O–H groups in total. The summed E-state index contributed by atoms with van der Waals surface area (Å²) in [4.78, 5) is 23.3. The van der Waals surface area contributed by atoms with Crippen LogP contribution in [0.4, 0.5) is 5.69 Å². The van der Waals surface area contributed by atoms with Crippen LogP contribution in [0.3, 0.4) is 0 Å². The fraction of sp³-hybridized carbons (Fsp3) is 0.455. The average Bonchev–Trinajstić information content (AvgIpc) is 2.28. The molecule has 0 atom stereocenters. The monoisotopic (exact) mass is 302 g/mol. The standard InChI is InChI=1S/C11H15BrN2O3/c1-4-5-14-6(2)7(11(16)17)9(13-3)8(12)10(14)15/h13H,4-5H2,1-3H3,(H,16,17). The Morgan fingerprint density at radius 2 is 2.12 bits per heavy atom. The molecule has 0 aliphatic rings. The summed E-state index contributed by atoms with van der Waals surface area (Å²) in [6, 6.07) is 0. The molecule has 0 aliphatic carbocycles. The molecule has 17 heavy (non-hydrogen) atoms. The molecule has 0 aromatic carbocycles. The van der Waals surface area contributed by atoms with E-state index in [0.717, 1.165) is 6.42 Å². The third kappa shape index (κ3) is 2.36. The first-order valence-corrected chi connectivity index (χ1v) is 6.08. The topological polar surface area (TPSA) is 71.3 Å². The van der Waals surface area contributed by atoms with Gasteiger partial charge in [-0.3, -0.25) is 4.79 Å². The summed E-state index contributed by atoms with van der Waals surface area (Å²) in [5, 5.41) is 12.0. The summed E-state index contributed by atoms with van der Waals surface area (Å²) in [5.41, 5.74) is 0.718. The van der Waals surface area contributed by atoms with Crippen molar-refractivity contribution in [1.29, 1.82) is 0 Å². The lowest BCUT2D eigenvalue weighted by Gasteiger charge is -2.16. The first kappa shape index (κ1) is 13.8. The van der Waals surface area contributed by atoms with Crippen molar-refractivity contribution < 1.29 is 9.90 Å². The highest BCUT2D eigenvalue weighted by Crippen LogP contribution is 2.25. The van der Waals surface area contributed by atoms with Crippen LogP contribution in [-0.4, -0.2) is 22.7 Å². The molecular formula is C11H15BrN2O3. The third-order valence-corrected chi connectivity index (χ3v) is 3.32. The predicted octanol–water partition coefficient (Wildman–Crippen LogP) is 2.07. The Labute approximate surface area is 108 Å². The van der Waals surface area contributed by atoms with Gasteiger partial charge < -0.3 is 15.0 Å². The highest BCUT2D eigenvalue weighted by Gasteiger charge is 2.21. The number of carbonyl (C=O) groups is 1. The van der Waals surface area contributed by atoms with E-state index in [2.05, 4.69) is 21.2 Å². The van der Waals surface area contributed by atoms with Gasteiger partial charge in [0.1, 0.15) is 10.0 Å². The van der Waals surface area contributed by atoms with Crippen molar-refractivity contribution in [2.75, 3.05) is 12.4 Å². The first-order chi connectivity index (χ1) is 7.95. The van der Waals surface area contributed by atoms with E-state index in [0.29, 0.717) is 17.9 Å². The molecule has 0 saturated carbocycles. The highest BCUT2D eigenvalue weighted by molar-refractivity contribution is 9.10. The van der Waals surface area contributed by atoms with Gasteiger partial charge in [0, 0.05) is 19.3 Å². The Morgan fingerprint density at radius 1 is 1.53 bits per heavy atom. The Balaban J connectivity index is 3.69. The Kier molecular flexibility index (Phi) is 4.34. The lowest BCUT2D eigenvalue weighted by atomic mass is 10.1. The zero-order chi connectivity index (χ0) is 13.2. The van der Waals surface area contributed by atoms with E-state index in [9.17, 15) is 14.7 Å². The van der Waals surface area contributed by atoms with E-state index < -0.39 is 5.97 Å². The number of anilines is 1. The number of nitrogens with zero attached hydrogens (tertiary/aromatic N) is 1. The second-order valence-corrected chi connectivity index (χ2v) is 4.45. The SMILES string of the molecule is CCCn1c(C)c(C(=O)O)c(NC)c(Br)c1=O. The van der Waals surface area contributed by atoms with Crippen molar-refractivity contribution >= 4 is 27.6 Å². The smallest absolute Gasteiger partial charge is 0.339 e. The molecule has 6 heteroatoms. The van der Waals surface area contributed by atoms with E-state index >= 15 is 0 Å². The number of rotatable bonds is 4. The molecule has 0 bridgehead atoms. The average molecular weight is 303 g/mol. The maximum absolute atomic E-state index is 12.0. The fourth-order valence-electron chi connectivity index (χ4n) is 1.79. The lowest BCUT2D eigenvalue weighted by molar-refractivity contribution is 0.0696. The molecule has 5 nitrogen and oxygen atoms in total. The molecule has 94 valence electrons. The molecule has 0 aliphatic heterocycles. The zero-order valence-electron chi connectivity index (χ0n) is 10.0. The van der Waals surface area contributed by atoms with Crippen molar-refractivity contribution in [3.63, 3.8) is 0 Å². The van der Waals surface area contributed by atoms with E-state index in [1.54, 1.807) is 14.0 Å². The van der Waals surface area contributed by atoms with Crippen LogP contribution in [0.2, 0.25) is 0 Å². The maximum Gasteiger partial charge on any atom is 0.339 e. The fourth-order valence-corrected chi connectivity index (χ4v) is 2.40. The van der Waals surface area contributed by atoms with Crippen LogP contribution in [0.1, 0.15) is 29.4 Å². The highest BCUT2D eigenvalue weighted by atomic mass is 79.9. The zero-order valence-corrected chi connectivity index (χ0v) is 11.6. The van der Waals surface area contributed by atoms with Gasteiger partial charge in [-0.05, 0) is 29.3 Å². The second-order valence-electron chi connectivity index (χ2n) is 3.66. The van der Waals surface area contributed by atoms with Crippen LogP contribution < -0.4 is 10.9 Å². The molecule has 0 radical (unpaired) electrons. The summed E-state index contributed by atoms with van der Waals surface area (Å²) in [6.07, 6.45) is 0.769. The number of nitrogens with one attached hydrogen (secondary N) is 1. The summed E-state index contributed by atoms with van der Waals surface area (Å²) < 4.78 is 1.74. The van der Waals surface area contributed by atoms with E-state index in [4.69, 9.17) is 0 Å². The van der Waals surface area contributed by atoms with Gasteiger partial charge in [-0.15, -0.1) is 0 Å². The number of halogens is 1. The molecule has 1 aromatic rings. The van der Waals surface area contributed by atoms with Crippen molar-refractivity contribution in [3.8, 4) is 0 Å². The quantitative estimate of drug-likeness (QED) is 0.893. The Bertz CT molecular complexity index is 508. The summed E-state index contributed by atoms with van der Waals surface area (Å²) in [6.45, 7) is 4.09. The summed E-state index contributed by atoms with van der Waals surface area (Å²) in [5.74, 6) is -1.04. The first-order valence-electron chi connectivity index (χ1n) is 5.29. The van der Waals surface area contributed by atoms with E-state index in [1.807, 2.05) is 6.92 Å². The molecule has 0 saturated heterocycles. The van der Waals surface area contributed by atoms with Gasteiger partial charge >= 0.3 is 5.97 Å². The van der Waals surface area contributed by atoms with Gasteiger partial charge in [0.05, 0.1) is 5.69 Å². The van der Waals surface area contributed by atoms with Crippen molar-refractivity contribution in [3.05, 3.63) is 26.1 Å². The van der Waals surface area contributed by atoms with E-state index in [-0.39, 0.29) is 15.6 Å². The summed E-state index contributed by atoms with van der Waals surface area (Å²) >= 11 is 3.16. The molecule has 0 spiro atoms. The number of pyridine rings is 1. The number of carboxylic acid groups (broad SMARTS) is 1. The van der Waals surface area contributed by atoms with Crippen LogP contribution in [-0.2, 0) is 6.54 Å². The minimum Gasteiger partial charge on any atom is -0.478 e. The Morgan fingerprint density at radius 3 is 2.53 bits per heavy atom. The number of hydrogen-bond donors (Lipinski definition) is 2. The minimum atomic E-state index is -1.04. The molecule has 1 heterocycles. The number of aromatic nitrogens is 1. The Hall–Kier alpha value is -1.30. The third-order valence-electron chi connectivity index (χ3n) is 2.58.